The molecule has 0 amide bonds. The smallest absolute Gasteiger partial charge is 0.160 e. The molecule has 0 saturated heterocycles. The summed E-state index contributed by atoms with van der Waals surface area (Å²) < 4.78 is 6.78. The number of para-hydroxylation sites is 1. The van der Waals surface area contributed by atoms with E-state index in [0.717, 1.165) is 61.8 Å². The van der Waals surface area contributed by atoms with Crippen molar-refractivity contribution >= 4 is 0 Å². The average molecular weight is 715 g/mol. The monoisotopic (exact) mass is 714 g/mol. The van der Waals surface area contributed by atoms with E-state index in [0.29, 0.717) is 5.82 Å². The van der Waals surface area contributed by atoms with Crippen LogP contribution in [0.5, 0.6) is 11.5 Å². The molecule has 1 aromatic heterocycles. The van der Waals surface area contributed by atoms with Crippen molar-refractivity contribution in [3.63, 3.8) is 0 Å². The molecule has 1 aliphatic carbocycles. The number of rotatable bonds is 5. The topological polar surface area (TPSA) is 35.0 Å². The Hall–Kier alpha value is -7.36. The summed E-state index contributed by atoms with van der Waals surface area (Å²) in [6, 6.07) is 73.0. The SMILES string of the molecule is c1ccc(-c2cccc(-c3cc(-c4ccc(-c5ccc6c(c5)Oc5ccccc5C65c6ccccc6-c6ccccc65)cc4)nc(-c4ccccc4)n3)c2)cc1. The number of nitrogens with zero attached hydrogens (tertiary/aromatic N) is 2. The predicted molar refractivity (Wildman–Crippen MR) is 227 cm³/mol. The third kappa shape index (κ3) is 5.05. The van der Waals surface area contributed by atoms with Gasteiger partial charge in [-0.2, -0.15) is 0 Å². The van der Waals surface area contributed by atoms with Gasteiger partial charge in [0.15, 0.2) is 5.82 Å². The van der Waals surface area contributed by atoms with Crippen LogP contribution in [0.15, 0.2) is 206 Å². The molecule has 0 unspecified atom stereocenters. The lowest BCUT2D eigenvalue weighted by Crippen LogP contribution is -2.32. The van der Waals surface area contributed by atoms with Crippen molar-refractivity contribution in [1.29, 1.82) is 0 Å². The lowest BCUT2D eigenvalue weighted by atomic mass is 9.66. The summed E-state index contributed by atoms with van der Waals surface area (Å²) in [5.41, 5.74) is 16.3. The van der Waals surface area contributed by atoms with Crippen molar-refractivity contribution in [1.82, 2.24) is 9.97 Å². The second-order valence-electron chi connectivity index (χ2n) is 14.5. The first-order chi connectivity index (χ1) is 27.7. The number of hydrogen-bond donors (Lipinski definition) is 0. The summed E-state index contributed by atoms with van der Waals surface area (Å²) in [7, 11) is 0. The van der Waals surface area contributed by atoms with Crippen molar-refractivity contribution in [2.75, 3.05) is 0 Å². The van der Waals surface area contributed by atoms with E-state index in [-0.39, 0.29) is 0 Å². The van der Waals surface area contributed by atoms with Gasteiger partial charge < -0.3 is 4.74 Å². The number of fused-ring (bicyclic) bond motifs is 9. The summed E-state index contributed by atoms with van der Waals surface area (Å²) in [6.45, 7) is 0. The molecular weight excluding hydrogens is 681 g/mol. The average Bonchev–Trinajstić information content (AvgIpc) is 3.57. The highest BCUT2D eigenvalue weighted by atomic mass is 16.5. The third-order valence-electron chi connectivity index (χ3n) is 11.4. The molecule has 1 spiro atoms. The van der Waals surface area contributed by atoms with Gasteiger partial charge in [-0.05, 0) is 68.8 Å². The van der Waals surface area contributed by atoms with Crippen LogP contribution in [0, 0.1) is 0 Å². The molecule has 0 atom stereocenters. The molecule has 2 aliphatic rings. The standard InChI is InChI=1S/C53H34N2O/c1-3-14-35(15-4-1)39-18-13-19-41(32-39)49-34-48(54-52(55-49)38-16-5-2-6-17-38)37-28-26-36(27-29-37)40-30-31-47-51(33-40)56-50-25-12-11-24-46(50)53(47)44-22-9-7-20-42(44)43-21-8-10-23-45(43)53/h1-34H. The fourth-order valence-electron chi connectivity index (χ4n) is 8.82. The first kappa shape index (κ1) is 32.1. The number of aromatic nitrogens is 2. The van der Waals surface area contributed by atoms with E-state index in [1.165, 1.54) is 33.4 Å². The van der Waals surface area contributed by atoms with Crippen LogP contribution in [0.25, 0.3) is 67.3 Å². The van der Waals surface area contributed by atoms with Gasteiger partial charge in [-0.1, -0.05) is 182 Å². The molecule has 3 nitrogen and oxygen atoms in total. The van der Waals surface area contributed by atoms with Crippen LogP contribution in [0.4, 0.5) is 0 Å². The minimum Gasteiger partial charge on any atom is -0.457 e. The highest BCUT2D eigenvalue weighted by molar-refractivity contribution is 5.89. The Balaban J connectivity index is 0.998. The molecule has 0 saturated carbocycles. The van der Waals surface area contributed by atoms with Gasteiger partial charge in [-0.25, -0.2) is 9.97 Å². The quantitative estimate of drug-likeness (QED) is 0.178. The van der Waals surface area contributed by atoms with E-state index in [1.807, 2.05) is 24.3 Å². The van der Waals surface area contributed by atoms with Gasteiger partial charge in [-0.15, -0.1) is 0 Å². The van der Waals surface area contributed by atoms with Gasteiger partial charge in [0.2, 0.25) is 0 Å². The zero-order valence-electron chi connectivity index (χ0n) is 30.4. The maximum Gasteiger partial charge on any atom is 0.160 e. The van der Waals surface area contributed by atoms with Gasteiger partial charge in [0.05, 0.1) is 16.8 Å². The third-order valence-corrected chi connectivity index (χ3v) is 11.4. The fraction of sp³-hybridized carbons (Fsp3) is 0.0189. The maximum atomic E-state index is 6.78. The van der Waals surface area contributed by atoms with Gasteiger partial charge in [0, 0.05) is 27.8 Å². The number of ether oxygens (including phenoxy) is 1. The second kappa shape index (κ2) is 12.9. The first-order valence-corrected chi connectivity index (χ1v) is 19.1. The van der Waals surface area contributed by atoms with Crippen LogP contribution in [0.1, 0.15) is 22.3 Å². The van der Waals surface area contributed by atoms with E-state index in [1.54, 1.807) is 0 Å². The van der Waals surface area contributed by atoms with Crippen molar-refractivity contribution in [3.8, 4) is 78.8 Å². The largest absolute Gasteiger partial charge is 0.457 e. The Kier molecular flexibility index (Phi) is 7.39. The molecule has 9 aromatic rings. The van der Waals surface area contributed by atoms with Crippen LogP contribution in [0.3, 0.4) is 0 Å². The summed E-state index contributed by atoms with van der Waals surface area (Å²) >= 11 is 0. The zero-order valence-corrected chi connectivity index (χ0v) is 30.4. The molecule has 3 heteroatoms. The van der Waals surface area contributed by atoms with Crippen LogP contribution >= 0.6 is 0 Å². The van der Waals surface area contributed by atoms with E-state index in [4.69, 9.17) is 14.7 Å². The molecule has 56 heavy (non-hydrogen) atoms. The first-order valence-electron chi connectivity index (χ1n) is 19.1. The lowest BCUT2D eigenvalue weighted by molar-refractivity contribution is 0.436. The summed E-state index contributed by atoms with van der Waals surface area (Å²) in [5.74, 6) is 2.47. The summed E-state index contributed by atoms with van der Waals surface area (Å²) in [6.07, 6.45) is 0. The normalized spacial score (nSPS) is 12.9. The Labute approximate surface area is 326 Å². The summed E-state index contributed by atoms with van der Waals surface area (Å²) in [4.78, 5) is 10.2. The molecule has 1 aliphatic heterocycles. The molecular formula is C53H34N2O. The van der Waals surface area contributed by atoms with Crippen molar-refractivity contribution < 1.29 is 4.74 Å². The minimum absolute atomic E-state index is 0.471. The minimum atomic E-state index is -0.471. The predicted octanol–water partition coefficient (Wildman–Crippen LogP) is 13.3. The Morgan fingerprint density at radius 3 is 1.50 bits per heavy atom. The van der Waals surface area contributed by atoms with Crippen LogP contribution in [0.2, 0.25) is 0 Å². The number of benzene rings is 8. The van der Waals surface area contributed by atoms with Crippen molar-refractivity contribution in [2.24, 2.45) is 0 Å². The molecule has 0 fully saturated rings. The molecule has 8 aromatic carbocycles. The Morgan fingerprint density at radius 1 is 0.304 bits per heavy atom. The molecule has 0 bridgehead atoms. The van der Waals surface area contributed by atoms with Gasteiger partial charge in [0.25, 0.3) is 0 Å². The van der Waals surface area contributed by atoms with Crippen molar-refractivity contribution in [3.05, 3.63) is 229 Å². The van der Waals surface area contributed by atoms with Gasteiger partial charge in [0.1, 0.15) is 11.5 Å². The maximum absolute atomic E-state index is 6.78. The number of hydrogen-bond acceptors (Lipinski definition) is 3. The summed E-state index contributed by atoms with van der Waals surface area (Å²) in [5, 5.41) is 0. The van der Waals surface area contributed by atoms with Crippen molar-refractivity contribution in [2.45, 2.75) is 5.41 Å². The van der Waals surface area contributed by atoms with Crippen LogP contribution < -0.4 is 4.74 Å². The van der Waals surface area contributed by atoms with Gasteiger partial charge >= 0.3 is 0 Å². The van der Waals surface area contributed by atoms with E-state index in [2.05, 4.69) is 182 Å². The van der Waals surface area contributed by atoms with Crippen LogP contribution in [-0.2, 0) is 5.41 Å². The van der Waals surface area contributed by atoms with Gasteiger partial charge in [-0.3, -0.25) is 0 Å². The van der Waals surface area contributed by atoms with E-state index in [9.17, 15) is 0 Å². The molecule has 0 radical (unpaired) electrons. The molecule has 11 rings (SSSR count). The molecule has 0 N–H and O–H groups in total. The molecule has 262 valence electrons. The zero-order chi connectivity index (χ0) is 37.1. The second-order valence-corrected chi connectivity index (χ2v) is 14.5. The Morgan fingerprint density at radius 2 is 0.786 bits per heavy atom. The fourth-order valence-corrected chi connectivity index (χ4v) is 8.82. The van der Waals surface area contributed by atoms with E-state index >= 15 is 0 Å². The van der Waals surface area contributed by atoms with Crippen LogP contribution in [-0.4, -0.2) is 9.97 Å². The molecule has 2 heterocycles. The lowest BCUT2D eigenvalue weighted by Gasteiger charge is -2.39. The highest BCUT2D eigenvalue weighted by Crippen LogP contribution is 2.62. The van der Waals surface area contributed by atoms with E-state index < -0.39 is 5.41 Å². The Bertz CT molecular complexity index is 2890. The highest BCUT2D eigenvalue weighted by Gasteiger charge is 2.50.